The van der Waals surface area contributed by atoms with Gasteiger partial charge in [0, 0.05) is 11.4 Å². The number of nitrogens with one attached hydrogen (secondary N) is 1. The summed E-state index contributed by atoms with van der Waals surface area (Å²) in [6, 6.07) is 4.84. The lowest BCUT2D eigenvalue weighted by Crippen LogP contribution is -2.61. The van der Waals surface area contributed by atoms with E-state index in [2.05, 4.69) is 15.0 Å². The van der Waals surface area contributed by atoms with E-state index in [4.69, 9.17) is 14.6 Å². The average Bonchev–Trinajstić information content (AvgIpc) is 3.30. The number of aliphatic hydroxyl groups is 3. The molecule has 2 aromatic heterocycles. The van der Waals surface area contributed by atoms with Crippen molar-refractivity contribution in [1.29, 1.82) is 0 Å². The number of fused-ring (bicyclic) bond motifs is 1. The summed E-state index contributed by atoms with van der Waals surface area (Å²) in [5.41, 5.74) is 3.69. The molecule has 10 nitrogen and oxygen atoms in total. The van der Waals surface area contributed by atoms with Crippen LogP contribution in [0, 0.1) is 0 Å². The minimum Gasteiger partial charge on any atom is -0.479 e. The molecule has 1 aliphatic rings. The number of rotatable bonds is 4. The van der Waals surface area contributed by atoms with E-state index in [1.54, 1.807) is 23.7 Å². The number of aromatic amines is 1. The highest BCUT2D eigenvalue weighted by Crippen LogP contribution is 2.27. The Kier molecular flexibility index (Phi) is 4.53. The van der Waals surface area contributed by atoms with Crippen molar-refractivity contribution in [3.8, 4) is 17.3 Å². The van der Waals surface area contributed by atoms with Gasteiger partial charge in [-0.2, -0.15) is 0 Å². The molecule has 0 spiro atoms. The SMILES string of the molecule is O=C(O)[C@H]1O[C@@H](Oc2ccc3nc(-c4cscn4)[nH]c3c2)[C@H](O)[C@@H](O)[C@@H]1O. The number of carbonyl (C=O) groups is 1. The van der Waals surface area contributed by atoms with Crippen molar-refractivity contribution >= 4 is 28.3 Å². The third-order valence-electron chi connectivity index (χ3n) is 4.19. The maximum atomic E-state index is 11.2. The number of ether oxygens (including phenoxy) is 2. The molecule has 3 heterocycles. The lowest BCUT2D eigenvalue weighted by atomic mass is 9.99. The molecular formula is C16H15N3O7S. The Bertz CT molecular complexity index is 960. The van der Waals surface area contributed by atoms with Gasteiger partial charge >= 0.3 is 5.97 Å². The van der Waals surface area contributed by atoms with E-state index in [0.29, 0.717) is 22.6 Å². The highest BCUT2D eigenvalue weighted by Gasteiger charge is 2.48. The molecule has 0 aliphatic carbocycles. The number of imidazole rings is 1. The van der Waals surface area contributed by atoms with E-state index >= 15 is 0 Å². The molecule has 27 heavy (non-hydrogen) atoms. The topological polar surface area (TPSA) is 158 Å². The number of aromatic nitrogens is 3. The molecule has 5 N–H and O–H groups in total. The molecule has 0 saturated carbocycles. The van der Waals surface area contributed by atoms with Crippen molar-refractivity contribution in [2.24, 2.45) is 0 Å². The van der Waals surface area contributed by atoms with Gasteiger partial charge in [0.25, 0.3) is 0 Å². The maximum Gasteiger partial charge on any atom is 0.335 e. The first-order valence-corrected chi connectivity index (χ1v) is 8.86. The van der Waals surface area contributed by atoms with Gasteiger partial charge in [-0.25, -0.2) is 14.8 Å². The Balaban J connectivity index is 1.58. The highest BCUT2D eigenvalue weighted by atomic mass is 32.1. The van der Waals surface area contributed by atoms with Gasteiger partial charge in [-0.15, -0.1) is 11.3 Å². The van der Waals surface area contributed by atoms with Crippen LogP contribution in [0.25, 0.3) is 22.6 Å². The minimum absolute atomic E-state index is 0.257. The Morgan fingerprint density at radius 2 is 2.04 bits per heavy atom. The number of carboxylic acids is 1. The molecule has 3 aromatic rings. The smallest absolute Gasteiger partial charge is 0.335 e. The van der Waals surface area contributed by atoms with Crippen LogP contribution in [0.3, 0.4) is 0 Å². The third-order valence-corrected chi connectivity index (χ3v) is 4.78. The second-order valence-electron chi connectivity index (χ2n) is 5.99. The van der Waals surface area contributed by atoms with E-state index in [1.165, 1.54) is 11.3 Å². The lowest BCUT2D eigenvalue weighted by molar-refractivity contribution is -0.271. The summed E-state index contributed by atoms with van der Waals surface area (Å²) >= 11 is 1.44. The van der Waals surface area contributed by atoms with Crippen molar-refractivity contribution in [2.45, 2.75) is 30.7 Å². The zero-order valence-electron chi connectivity index (χ0n) is 13.6. The number of carboxylic acid groups (broad SMARTS) is 1. The predicted octanol–water partition coefficient (Wildman–Crippen LogP) is -0.0426. The average molecular weight is 393 g/mol. The van der Waals surface area contributed by atoms with Crippen LogP contribution in [0.15, 0.2) is 29.1 Å². The molecule has 1 saturated heterocycles. The highest BCUT2D eigenvalue weighted by molar-refractivity contribution is 7.07. The Morgan fingerprint density at radius 3 is 2.74 bits per heavy atom. The Morgan fingerprint density at radius 1 is 1.22 bits per heavy atom. The van der Waals surface area contributed by atoms with Crippen molar-refractivity contribution < 1.29 is 34.7 Å². The fourth-order valence-corrected chi connectivity index (χ4v) is 3.33. The molecule has 1 fully saturated rings. The summed E-state index contributed by atoms with van der Waals surface area (Å²) in [6.07, 6.45) is -8.31. The Hall–Kier alpha value is -2.57. The summed E-state index contributed by atoms with van der Waals surface area (Å²) in [4.78, 5) is 22.8. The first kappa shape index (κ1) is 17.8. The molecule has 0 unspecified atom stereocenters. The zero-order valence-corrected chi connectivity index (χ0v) is 14.4. The van der Waals surface area contributed by atoms with E-state index in [0.717, 1.165) is 0 Å². The molecule has 1 aliphatic heterocycles. The minimum atomic E-state index is -1.77. The molecule has 0 radical (unpaired) electrons. The van der Waals surface area contributed by atoms with E-state index < -0.39 is 36.7 Å². The molecule has 4 rings (SSSR count). The van der Waals surface area contributed by atoms with Gasteiger partial charge in [-0.05, 0) is 12.1 Å². The molecular weight excluding hydrogens is 378 g/mol. The van der Waals surface area contributed by atoms with Gasteiger partial charge in [0.15, 0.2) is 11.9 Å². The van der Waals surface area contributed by atoms with Crippen LogP contribution in [0.1, 0.15) is 0 Å². The number of nitrogens with zero attached hydrogens (tertiary/aromatic N) is 2. The first-order chi connectivity index (χ1) is 12.9. The van der Waals surface area contributed by atoms with Crippen molar-refractivity contribution in [3.05, 3.63) is 29.1 Å². The summed E-state index contributed by atoms with van der Waals surface area (Å²) < 4.78 is 10.6. The van der Waals surface area contributed by atoms with E-state index in [-0.39, 0.29) is 5.75 Å². The van der Waals surface area contributed by atoms with Crippen LogP contribution >= 0.6 is 11.3 Å². The van der Waals surface area contributed by atoms with E-state index in [9.17, 15) is 20.1 Å². The quantitative estimate of drug-likeness (QED) is 0.410. The van der Waals surface area contributed by atoms with Crippen molar-refractivity contribution in [3.63, 3.8) is 0 Å². The van der Waals surface area contributed by atoms with Gasteiger partial charge in [0.1, 0.15) is 29.8 Å². The van der Waals surface area contributed by atoms with Crippen LogP contribution in [0.2, 0.25) is 0 Å². The van der Waals surface area contributed by atoms with E-state index in [1.807, 2.05) is 5.38 Å². The molecule has 142 valence electrons. The van der Waals surface area contributed by atoms with Gasteiger partial charge in [0.05, 0.1) is 16.5 Å². The van der Waals surface area contributed by atoms with Crippen LogP contribution in [0.4, 0.5) is 0 Å². The lowest BCUT2D eigenvalue weighted by Gasteiger charge is -2.38. The molecule has 5 atom stereocenters. The standard InChI is InChI=1S/C16H15N3O7S/c20-10-11(21)13(15(23)24)26-16(12(10)22)25-6-1-2-7-8(3-6)19-14(18-7)9-4-27-5-17-9/h1-5,10-13,16,20-22H,(H,18,19)(H,23,24)/t10-,11-,12+,13-,16+/m0/s1. The summed E-state index contributed by atoms with van der Waals surface area (Å²) in [6.45, 7) is 0. The van der Waals surface area contributed by atoms with Crippen LogP contribution < -0.4 is 4.74 Å². The third kappa shape index (κ3) is 3.26. The summed E-state index contributed by atoms with van der Waals surface area (Å²) in [7, 11) is 0. The summed E-state index contributed by atoms with van der Waals surface area (Å²) in [5.74, 6) is -0.631. The van der Waals surface area contributed by atoms with Crippen LogP contribution in [-0.4, -0.2) is 72.1 Å². The fourth-order valence-electron chi connectivity index (χ4n) is 2.80. The summed E-state index contributed by atoms with van der Waals surface area (Å²) in [5, 5.41) is 40.5. The van der Waals surface area contributed by atoms with Crippen LogP contribution in [-0.2, 0) is 9.53 Å². The van der Waals surface area contributed by atoms with Gasteiger partial charge < -0.3 is 34.9 Å². The first-order valence-electron chi connectivity index (χ1n) is 7.91. The van der Waals surface area contributed by atoms with Gasteiger partial charge in [0.2, 0.25) is 6.29 Å². The largest absolute Gasteiger partial charge is 0.479 e. The molecule has 11 heteroatoms. The van der Waals surface area contributed by atoms with Gasteiger partial charge in [-0.3, -0.25) is 0 Å². The molecule has 0 amide bonds. The number of H-pyrrole nitrogens is 1. The number of aliphatic hydroxyl groups excluding tert-OH is 3. The Labute approximate surface area is 155 Å². The molecule has 1 aromatic carbocycles. The number of aliphatic carboxylic acids is 1. The number of benzene rings is 1. The zero-order chi connectivity index (χ0) is 19.1. The maximum absolute atomic E-state index is 11.2. The monoisotopic (exact) mass is 393 g/mol. The van der Waals surface area contributed by atoms with Crippen LogP contribution in [0.5, 0.6) is 5.75 Å². The second-order valence-corrected chi connectivity index (χ2v) is 6.71. The number of thiazole rings is 1. The molecule has 0 bridgehead atoms. The number of hydrogen-bond acceptors (Lipinski definition) is 9. The normalized spacial score (nSPS) is 28.3. The van der Waals surface area contributed by atoms with Crippen molar-refractivity contribution in [1.82, 2.24) is 15.0 Å². The fraction of sp³-hybridized carbons (Fsp3) is 0.312. The number of hydrogen-bond donors (Lipinski definition) is 5. The second kappa shape index (κ2) is 6.87. The van der Waals surface area contributed by atoms with Crippen molar-refractivity contribution in [2.75, 3.05) is 0 Å². The predicted molar refractivity (Wildman–Crippen MR) is 92.1 cm³/mol. The van der Waals surface area contributed by atoms with Gasteiger partial charge in [-0.1, -0.05) is 0 Å².